The first-order valence-electron chi connectivity index (χ1n) is 14.5. The third-order valence-corrected chi connectivity index (χ3v) is 9.30. The van der Waals surface area contributed by atoms with Crippen LogP contribution in [-0.4, -0.2) is 73.2 Å². The number of piperidine rings is 1. The van der Waals surface area contributed by atoms with E-state index in [0.29, 0.717) is 45.0 Å². The Balaban J connectivity index is 1.45. The molecule has 2 aliphatic carbocycles. The van der Waals surface area contributed by atoms with Crippen molar-refractivity contribution in [2.24, 2.45) is 28.9 Å². The zero-order valence-electron chi connectivity index (χ0n) is 22.7. The van der Waals surface area contributed by atoms with Crippen molar-refractivity contribution in [1.82, 2.24) is 15.5 Å². The number of ether oxygens (including phenoxy) is 1. The molecule has 2 saturated carbocycles. The quantitative estimate of drug-likeness (QED) is 0.454. The molecule has 37 heavy (non-hydrogen) atoms. The van der Waals surface area contributed by atoms with Crippen molar-refractivity contribution in [3.8, 4) is 0 Å². The van der Waals surface area contributed by atoms with Crippen LogP contribution in [0.5, 0.6) is 0 Å². The molecule has 3 unspecified atom stereocenters. The van der Waals surface area contributed by atoms with Gasteiger partial charge in [-0.1, -0.05) is 19.3 Å². The molecule has 3 amide bonds. The van der Waals surface area contributed by atoms with Crippen LogP contribution < -0.4 is 16.4 Å². The molecular weight excluding hydrogens is 475 g/mol. The average molecular weight is 523 g/mol. The van der Waals surface area contributed by atoms with Gasteiger partial charge < -0.3 is 26.0 Å². The van der Waals surface area contributed by atoms with Crippen LogP contribution in [0.3, 0.4) is 0 Å². The summed E-state index contributed by atoms with van der Waals surface area (Å²) in [7, 11) is 0. The van der Waals surface area contributed by atoms with Gasteiger partial charge in [0.05, 0.1) is 17.6 Å². The van der Waals surface area contributed by atoms with Crippen molar-refractivity contribution in [2.45, 2.75) is 102 Å². The minimum atomic E-state index is -1.13. The van der Waals surface area contributed by atoms with E-state index in [1.165, 1.54) is 19.3 Å². The van der Waals surface area contributed by atoms with Crippen molar-refractivity contribution in [2.75, 3.05) is 32.8 Å². The van der Waals surface area contributed by atoms with E-state index in [1.54, 1.807) is 18.7 Å². The number of nitrogens with two attached hydrogens (primary N) is 1. The molecule has 0 radical (unpaired) electrons. The Hall–Kier alpha value is -1.74. The molecular formula is C28H47FN4O4. The summed E-state index contributed by atoms with van der Waals surface area (Å²) in [5.41, 5.74) is 4.24. The molecule has 4 fully saturated rings. The minimum absolute atomic E-state index is 0.00889. The van der Waals surface area contributed by atoms with E-state index in [4.69, 9.17) is 10.5 Å². The van der Waals surface area contributed by atoms with E-state index in [9.17, 15) is 18.8 Å². The van der Waals surface area contributed by atoms with Gasteiger partial charge in [0, 0.05) is 26.2 Å². The van der Waals surface area contributed by atoms with Crippen LogP contribution in [0.2, 0.25) is 0 Å². The first-order chi connectivity index (χ1) is 17.6. The third kappa shape index (κ3) is 6.64. The van der Waals surface area contributed by atoms with Gasteiger partial charge in [-0.15, -0.1) is 0 Å². The first-order valence-corrected chi connectivity index (χ1v) is 14.5. The van der Waals surface area contributed by atoms with Gasteiger partial charge in [-0.05, 0) is 83.0 Å². The second-order valence-electron chi connectivity index (χ2n) is 12.6. The van der Waals surface area contributed by atoms with Gasteiger partial charge in [0.1, 0.15) is 12.2 Å². The molecule has 9 heteroatoms. The molecule has 4 rings (SSSR count). The zero-order chi connectivity index (χ0) is 26.6. The Bertz CT molecular complexity index is 819. The predicted molar refractivity (Wildman–Crippen MR) is 139 cm³/mol. The zero-order valence-corrected chi connectivity index (χ0v) is 22.7. The molecule has 2 aliphatic heterocycles. The van der Waals surface area contributed by atoms with Gasteiger partial charge >= 0.3 is 0 Å². The lowest BCUT2D eigenvalue weighted by Gasteiger charge is -2.45. The van der Waals surface area contributed by atoms with Gasteiger partial charge in [0.15, 0.2) is 0 Å². The van der Waals surface area contributed by atoms with Crippen LogP contribution in [0.4, 0.5) is 4.39 Å². The molecule has 1 spiro atoms. The van der Waals surface area contributed by atoms with Crippen LogP contribution in [0.15, 0.2) is 0 Å². The van der Waals surface area contributed by atoms with Crippen molar-refractivity contribution in [3.05, 3.63) is 0 Å². The van der Waals surface area contributed by atoms with Crippen molar-refractivity contribution in [1.29, 1.82) is 0 Å². The van der Waals surface area contributed by atoms with Gasteiger partial charge in [0.25, 0.3) is 0 Å². The first kappa shape index (κ1) is 28.3. The highest BCUT2D eigenvalue weighted by Crippen LogP contribution is 2.48. The summed E-state index contributed by atoms with van der Waals surface area (Å²) in [6.45, 7) is 5.37. The fourth-order valence-electron chi connectivity index (χ4n) is 7.05. The average Bonchev–Trinajstić information content (AvgIpc) is 3.18. The number of carbonyl (C=O) groups excluding carboxylic acids is 3. The highest BCUT2D eigenvalue weighted by atomic mass is 19.1. The van der Waals surface area contributed by atoms with Crippen molar-refractivity contribution >= 4 is 17.7 Å². The summed E-state index contributed by atoms with van der Waals surface area (Å²) in [5.74, 6) is 0.265. The third-order valence-electron chi connectivity index (χ3n) is 9.30. The summed E-state index contributed by atoms with van der Waals surface area (Å²) in [4.78, 5) is 41.6. The number of amides is 3. The molecule has 0 aromatic carbocycles. The molecule has 0 bridgehead atoms. The van der Waals surface area contributed by atoms with Gasteiger partial charge in [-0.2, -0.15) is 0 Å². The summed E-state index contributed by atoms with van der Waals surface area (Å²) in [6, 6.07) is -0.848. The van der Waals surface area contributed by atoms with Crippen molar-refractivity contribution < 1.29 is 23.5 Å². The van der Waals surface area contributed by atoms with Crippen molar-refractivity contribution in [3.63, 3.8) is 0 Å². The highest BCUT2D eigenvalue weighted by Gasteiger charge is 2.55. The van der Waals surface area contributed by atoms with Crippen LogP contribution in [-0.2, 0) is 19.1 Å². The highest BCUT2D eigenvalue weighted by molar-refractivity contribution is 5.92. The largest absolute Gasteiger partial charge is 0.378 e. The fraction of sp³-hybridized carbons (Fsp3) is 0.893. The number of nitrogens with zero attached hydrogens (tertiary/aromatic N) is 1. The standard InChI is InChI=1S/C28H47FN4O4/c1-27(2,30)25(35)32-23(17-37-16-19-7-4-3-5-8-19)24(34)33-14-6-13-28(18-33)22(15-31-26(28)36)20-9-11-21(29)12-10-20/h19-23H,3-18,30H2,1-2H3,(H,31,36)(H,32,35). The normalized spacial score (nSPS) is 32.3. The van der Waals surface area contributed by atoms with E-state index in [-0.39, 0.29) is 30.3 Å². The second-order valence-corrected chi connectivity index (χ2v) is 12.6. The number of hydrogen-bond donors (Lipinski definition) is 3. The number of hydrogen-bond acceptors (Lipinski definition) is 5. The maximum absolute atomic E-state index is 13.8. The number of alkyl halides is 1. The molecule has 4 aliphatic rings. The Morgan fingerprint density at radius 3 is 2.54 bits per heavy atom. The summed E-state index contributed by atoms with van der Waals surface area (Å²) in [5, 5.41) is 5.91. The van der Waals surface area contributed by atoms with E-state index in [0.717, 1.165) is 38.5 Å². The summed E-state index contributed by atoms with van der Waals surface area (Å²) < 4.78 is 19.8. The molecule has 0 aromatic rings. The number of carbonyl (C=O) groups is 3. The molecule has 2 heterocycles. The van der Waals surface area contributed by atoms with E-state index < -0.39 is 29.1 Å². The second kappa shape index (κ2) is 12.0. The van der Waals surface area contributed by atoms with Crippen LogP contribution >= 0.6 is 0 Å². The smallest absolute Gasteiger partial charge is 0.247 e. The molecule has 210 valence electrons. The number of rotatable bonds is 8. The Labute approximate surface area is 221 Å². The van der Waals surface area contributed by atoms with Crippen LogP contribution in [0.1, 0.15) is 84.5 Å². The Morgan fingerprint density at radius 1 is 1.16 bits per heavy atom. The molecule has 4 N–H and O–H groups in total. The topological polar surface area (TPSA) is 114 Å². The van der Waals surface area contributed by atoms with Gasteiger partial charge in [-0.3, -0.25) is 14.4 Å². The van der Waals surface area contributed by atoms with E-state index in [2.05, 4.69) is 10.6 Å². The Morgan fingerprint density at radius 2 is 1.86 bits per heavy atom. The monoisotopic (exact) mass is 522 g/mol. The minimum Gasteiger partial charge on any atom is -0.378 e. The summed E-state index contributed by atoms with van der Waals surface area (Å²) in [6.07, 6.45) is 9.34. The molecule has 8 nitrogen and oxygen atoms in total. The number of likely N-dealkylation sites (tertiary alicyclic amines) is 1. The van der Waals surface area contributed by atoms with E-state index >= 15 is 0 Å². The number of nitrogens with one attached hydrogen (secondary N) is 2. The fourth-order valence-corrected chi connectivity index (χ4v) is 7.05. The molecule has 2 saturated heterocycles. The molecule has 3 atom stereocenters. The predicted octanol–water partition coefficient (Wildman–Crippen LogP) is 2.69. The lowest BCUT2D eigenvalue weighted by molar-refractivity contribution is -0.147. The Kier molecular flexibility index (Phi) is 9.15. The van der Waals surface area contributed by atoms with Gasteiger partial charge in [-0.25, -0.2) is 4.39 Å². The van der Waals surface area contributed by atoms with Crippen LogP contribution in [0, 0.1) is 23.2 Å². The van der Waals surface area contributed by atoms with E-state index in [1.807, 2.05) is 0 Å². The van der Waals surface area contributed by atoms with Gasteiger partial charge in [0.2, 0.25) is 17.7 Å². The molecule has 0 aromatic heterocycles. The maximum atomic E-state index is 13.8. The van der Waals surface area contributed by atoms with Crippen LogP contribution in [0.25, 0.3) is 0 Å². The number of halogens is 1. The SMILES string of the molecule is CC(C)(N)C(=O)NC(COCC1CCCCC1)C(=O)N1CCCC2(C1)C(=O)NCC2C1CCC(F)CC1. The lowest BCUT2D eigenvalue weighted by Crippen LogP contribution is -2.60. The summed E-state index contributed by atoms with van der Waals surface area (Å²) >= 11 is 0. The lowest BCUT2D eigenvalue weighted by atomic mass is 9.63. The maximum Gasteiger partial charge on any atom is 0.247 e.